The number of hydrogen-bond donors (Lipinski definition) is 2. The second-order valence-corrected chi connectivity index (χ2v) is 8.74. The molecular weight excluding hydrogens is 436 g/mol. The average Bonchev–Trinajstić information content (AvgIpc) is 3.53. The first-order chi connectivity index (χ1) is 16.5. The first kappa shape index (κ1) is 22.3. The van der Waals surface area contributed by atoms with Gasteiger partial charge in [-0.25, -0.2) is 9.48 Å². The number of anilines is 1. The van der Waals surface area contributed by atoms with Crippen molar-refractivity contribution in [1.29, 1.82) is 0 Å². The van der Waals surface area contributed by atoms with Gasteiger partial charge in [-0.1, -0.05) is 23.4 Å². The van der Waals surface area contributed by atoms with Crippen molar-refractivity contribution >= 4 is 11.7 Å². The summed E-state index contributed by atoms with van der Waals surface area (Å²) in [6.07, 6.45) is 1.51. The van der Waals surface area contributed by atoms with E-state index in [0.29, 0.717) is 31.2 Å². The standard InChI is InChI=1S/C24H28N6O4/c1-29(2)12-17-13-30(28-27-17)21-15-33-22-20(14-32-23(21)22)26-24(31)25-16-8-10-19(11-9-16)34-18-6-4-3-5-7-18/h3-11,13,20-23H,12,14-15H2,1-2H3,(H2,25,26,31)/t20-,21-,22+,23+/m0/s1. The van der Waals surface area contributed by atoms with E-state index in [2.05, 4.69) is 20.9 Å². The van der Waals surface area contributed by atoms with E-state index in [0.717, 1.165) is 11.4 Å². The van der Waals surface area contributed by atoms with Crippen LogP contribution in [0, 0.1) is 0 Å². The minimum absolute atomic E-state index is 0.0690. The van der Waals surface area contributed by atoms with E-state index in [1.165, 1.54) is 0 Å². The van der Waals surface area contributed by atoms with Crippen molar-refractivity contribution in [1.82, 2.24) is 25.2 Å². The molecule has 0 saturated carbocycles. The second-order valence-electron chi connectivity index (χ2n) is 8.74. The minimum atomic E-state index is -0.313. The zero-order valence-electron chi connectivity index (χ0n) is 19.1. The van der Waals surface area contributed by atoms with Gasteiger partial charge in [0.2, 0.25) is 0 Å². The number of carbonyl (C=O) groups excluding carboxylic acids is 1. The molecular formula is C24H28N6O4. The summed E-state index contributed by atoms with van der Waals surface area (Å²) >= 11 is 0. The Morgan fingerprint density at radius 2 is 1.79 bits per heavy atom. The molecule has 3 heterocycles. The largest absolute Gasteiger partial charge is 0.457 e. The zero-order valence-corrected chi connectivity index (χ0v) is 19.1. The molecule has 10 heteroatoms. The lowest BCUT2D eigenvalue weighted by Gasteiger charge is -2.18. The molecule has 2 aromatic carbocycles. The number of fused-ring (bicyclic) bond motifs is 1. The molecule has 0 aliphatic carbocycles. The Hall–Kier alpha value is -3.47. The highest BCUT2D eigenvalue weighted by molar-refractivity contribution is 5.89. The van der Waals surface area contributed by atoms with Crippen LogP contribution in [-0.4, -0.2) is 71.5 Å². The summed E-state index contributed by atoms with van der Waals surface area (Å²) in [5.74, 6) is 1.45. The van der Waals surface area contributed by atoms with E-state index in [1.54, 1.807) is 12.1 Å². The Bertz CT molecular complexity index is 1100. The predicted octanol–water partition coefficient (Wildman–Crippen LogP) is 2.66. The molecule has 2 saturated heterocycles. The first-order valence-electron chi connectivity index (χ1n) is 11.2. The zero-order chi connectivity index (χ0) is 23.5. The van der Waals surface area contributed by atoms with Gasteiger partial charge in [-0.3, -0.25) is 0 Å². The number of rotatable bonds is 7. The topological polar surface area (TPSA) is 103 Å². The van der Waals surface area contributed by atoms with Gasteiger partial charge in [0.25, 0.3) is 0 Å². The van der Waals surface area contributed by atoms with Gasteiger partial charge in [-0.2, -0.15) is 0 Å². The number of para-hydroxylation sites is 1. The molecule has 34 heavy (non-hydrogen) atoms. The molecule has 0 unspecified atom stereocenters. The summed E-state index contributed by atoms with van der Waals surface area (Å²) in [5.41, 5.74) is 1.55. The van der Waals surface area contributed by atoms with Gasteiger partial charge < -0.3 is 29.7 Å². The van der Waals surface area contributed by atoms with E-state index in [4.69, 9.17) is 14.2 Å². The Labute approximate surface area is 197 Å². The molecule has 0 bridgehead atoms. The van der Waals surface area contributed by atoms with Crippen LogP contribution in [0.5, 0.6) is 11.5 Å². The number of benzene rings is 2. The molecule has 5 rings (SSSR count). The number of urea groups is 1. The third kappa shape index (κ3) is 5.04. The van der Waals surface area contributed by atoms with Crippen molar-refractivity contribution < 1.29 is 19.0 Å². The molecule has 1 aromatic heterocycles. The third-order valence-electron chi connectivity index (χ3n) is 5.81. The van der Waals surface area contributed by atoms with Crippen LogP contribution in [0.4, 0.5) is 10.5 Å². The normalized spacial score (nSPS) is 23.6. The Morgan fingerprint density at radius 1 is 1.06 bits per heavy atom. The number of carbonyl (C=O) groups is 1. The lowest BCUT2D eigenvalue weighted by molar-refractivity contribution is 0.0622. The number of amides is 2. The van der Waals surface area contributed by atoms with Gasteiger partial charge in [-0.05, 0) is 50.5 Å². The quantitative estimate of drug-likeness (QED) is 0.554. The monoisotopic (exact) mass is 464 g/mol. The van der Waals surface area contributed by atoms with Crippen molar-refractivity contribution in [3.63, 3.8) is 0 Å². The second kappa shape index (κ2) is 9.80. The van der Waals surface area contributed by atoms with Crippen LogP contribution < -0.4 is 15.4 Å². The number of hydrogen-bond acceptors (Lipinski definition) is 7. The van der Waals surface area contributed by atoms with Crippen LogP contribution in [0.2, 0.25) is 0 Å². The first-order valence-corrected chi connectivity index (χ1v) is 11.2. The van der Waals surface area contributed by atoms with Crippen molar-refractivity contribution in [3.05, 3.63) is 66.5 Å². The fourth-order valence-electron chi connectivity index (χ4n) is 4.27. The molecule has 178 valence electrons. The number of ether oxygens (including phenoxy) is 3. The highest BCUT2D eigenvalue weighted by Crippen LogP contribution is 2.34. The summed E-state index contributed by atoms with van der Waals surface area (Å²) in [7, 11) is 3.98. The Kier molecular flexibility index (Phi) is 6.43. The maximum Gasteiger partial charge on any atom is 0.319 e. The van der Waals surface area contributed by atoms with E-state index in [1.807, 2.05) is 72.3 Å². The van der Waals surface area contributed by atoms with Crippen molar-refractivity contribution in [2.75, 3.05) is 32.6 Å². The molecule has 0 spiro atoms. The molecule has 2 N–H and O–H groups in total. The highest BCUT2D eigenvalue weighted by Gasteiger charge is 2.49. The van der Waals surface area contributed by atoms with E-state index in [-0.39, 0.29) is 30.3 Å². The number of nitrogens with one attached hydrogen (secondary N) is 2. The molecule has 3 aromatic rings. The SMILES string of the molecule is CN(C)Cc1cn([C@H]2CO[C@H]3[C@@H]2OC[C@@H]3NC(=O)Nc2ccc(Oc3ccccc3)cc2)nn1. The number of nitrogens with zero attached hydrogens (tertiary/aromatic N) is 4. The van der Waals surface area contributed by atoms with Gasteiger partial charge in [0.05, 0.1) is 31.1 Å². The summed E-state index contributed by atoms with van der Waals surface area (Å²) in [5, 5.41) is 14.3. The summed E-state index contributed by atoms with van der Waals surface area (Å²) < 4.78 is 19.6. The maximum atomic E-state index is 12.6. The maximum absolute atomic E-state index is 12.6. The highest BCUT2D eigenvalue weighted by atomic mass is 16.6. The van der Waals surface area contributed by atoms with E-state index in [9.17, 15) is 4.79 Å². The van der Waals surface area contributed by atoms with Gasteiger partial charge in [0.15, 0.2) is 0 Å². The molecule has 2 amide bonds. The van der Waals surface area contributed by atoms with Gasteiger partial charge in [0.1, 0.15) is 29.7 Å². The lowest BCUT2D eigenvalue weighted by atomic mass is 10.1. The molecule has 2 aliphatic heterocycles. The fraction of sp³-hybridized carbons (Fsp3) is 0.375. The summed E-state index contributed by atoms with van der Waals surface area (Å²) in [4.78, 5) is 14.6. The fourth-order valence-corrected chi connectivity index (χ4v) is 4.27. The molecule has 10 nitrogen and oxygen atoms in total. The summed E-state index contributed by atoms with van der Waals surface area (Å²) in [6.45, 7) is 1.55. The smallest absolute Gasteiger partial charge is 0.319 e. The molecule has 0 radical (unpaired) electrons. The van der Waals surface area contributed by atoms with Crippen LogP contribution >= 0.6 is 0 Å². The molecule has 4 atom stereocenters. The van der Waals surface area contributed by atoms with Crippen LogP contribution in [0.3, 0.4) is 0 Å². The third-order valence-corrected chi connectivity index (χ3v) is 5.81. The summed E-state index contributed by atoms with van der Waals surface area (Å²) in [6, 6.07) is 16.1. The minimum Gasteiger partial charge on any atom is -0.457 e. The predicted molar refractivity (Wildman–Crippen MR) is 125 cm³/mol. The Balaban J connectivity index is 1.14. The van der Waals surface area contributed by atoms with Gasteiger partial charge in [0, 0.05) is 12.2 Å². The lowest BCUT2D eigenvalue weighted by Crippen LogP contribution is -2.45. The van der Waals surface area contributed by atoms with Crippen LogP contribution in [0.1, 0.15) is 11.7 Å². The molecule has 2 aliphatic rings. The van der Waals surface area contributed by atoms with Crippen molar-refractivity contribution in [3.8, 4) is 11.5 Å². The average molecular weight is 465 g/mol. The van der Waals surface area contributed by atoms with Crippen LogP contribution in [0.15, 0.2) is 60.8 Å². The van der Waals surface area contributed by atoms with Crippen LogP contribution in [-0.2, 0) is 16.0 Å². The molecule has 2 fully saturated rings. The van der Waals surface area contributed by atoms with Gasteiger partial charge >= 0.3 is 6.03 Å². The number of aromatic nitrogens is 3. The van der Waals surface area contributed by atoms with Gasteiger partial charge in [-0.15, -0.1) is 5.10 Å². The van der Waals surface area contributed by atoms with Crippen molar-refractivity contribution in [2.24, 2.45) is 0 Å². The van der Waals surface area contributed by atoms with Crippen molar-refractivity contribution in [2.45, 2.75) is 30.8 Å². The van der Waals surface area contributed by atoms with E-state index >= 15 is 0 Å². The van der Waals surface area contributed by atoms with Crippen LogP contribution in [0.25, 0.3) is 0 Å². The Morgan fingerprint density at radius 3 is 2.56 bits per heavy atom. The van der Waals surface area contributed by atoms with E-state index < -0.39 is 0 Å².